The number of halogens is 1. The number of aliphatic hydroxyl groups is 1. The molecule has 7 unspecified atom stereocenters. The third-order valence-corrected chi connectivity index (χ3v) is 9.72. The zero-order chi connectivity index (χ0) is 25.6. The van der Waals surface area contributed by atoms with Gasteiger partial charge in [-0.2, -0.15) is 0 Å². The number of fused-ring (bicyclic) bond motifs is 5. The van der Waals surface area contributed by atoms with E-state index in [4.69, 9.17) is 4.74 Å². The van der Waals surface area contributed by atoms with Crippen LogP contribution in [0.1, 0.15) is 66.2 Å². The highest BCUT2D eigenvalue weighted by molar-refractivity contribution is 8.13. The first-order valence-electron chi connectivity index (χ1n) is 12.5. The van der Waals surface area contributed by atoms with Crippen molar-refractivity contribution in [1.29, 1.82) is 0 Å². The molecule has 7 atom stereocenters. The summed E-state index contributed by atoms with van der Waals surface area (Å²) in [6.45, 7) is 6.91. The maximum atomic E-state index is 13.5. The first kappa shape index (κ1) is 26.2. The fraction of sp³-hybridized carbons (Fsp3) is 0.679. The number of thioether (sulfide) groups is 1. The van der Waals surface area contributed by atoms with Crippen LogP contribution in [0.5, 0.6) is 0 Å². The summed E-state index contributed by atoms with van der Waals surface area (Å²) in [5.41, 5.74) is -1.11. The van der Waals surface area contributed by atoms with Crippen molar-refractivity contribution in [3.63, 3.8) is 0 Å². The van der Waals surface area contributed by atoms with Crippen LogP contribution in [-0.2, 0) is 19.1 Å². The molecule has 4 aliphatic carbocycles. The molecular weight excluding hydrogens is 467 g/mol. The topological polar surface area (TPSA) is 80.7 Å². The van der Waals surface area contributed by atoms with Gasteiger partial charge in [0.15, 0.2) is 10.9 Å². The van der Waals surface area contributed by atoms with Gasteiger partial charge in [-0.1, -0.05) is 37.3 Å². The van der Waals surface area contributed by atoms with E-state index in [1.165, 1.54) is 13.8 Å². The number of allylic oxidation sites excluding steroid dienone is 4. The van der Waals surface area contributed by atoms with E-state index in [1.807, 2.05) is 6.08 Å². The van der Waals surface area contributed by atoms with Crippen LogP contribution in [0.3, 0.4) is 0 Å². The average molecular weight is 503 g/mol. The van der Waals surface area contributed by atoms with Crippen LogP contribution in [0.2, 0.25) is 0 Å². The summed E-state index contributed by atoms with van der Waals surface area (Å²) in [6, 6.07) is 0. The third kappa shape index (κ3) is 5.02. The highest BCUT2D eigenvalue weighted by atomic mass is 32.2. The number of ketones is 1. The van der Waals surface area contributed by atoms with Gasteiger partial charge in [0, 0.05) is 17.3 Å². The molecule has 1 N–H and O–H groups in total. The number of aliphatic hydroxyl groups excluding tert-OH is 1. The Labute approximate surface area is 211 Å². The van der Waals surface area contributed by atoms with Crippen LogP contribution in [0.15, 0.2) is 23.8 Å². The molecule has 5 nitrogen and oxygen atoms in total. The molecule has 0 aromatic carbocycles. The minimum atomic E-state index is -1.65. The van der Waals surface area contributed by atoms with Crippen molar-refractivity contribution < 1.29 is 28.6 Å². The Kier molecular flexibility index (Phi) is 7.11. The van der Waals surface area contributed by atoms with Crippen molar-refractivity contribution in [2.24, 2.45) is 34.5 Å². The lowest BCUT2D eigenvalue weighted by Crippen LogP contribution is -2.56. The molecule has 0 aromatic rings. The van der Waals surface area contributed by atoms with Gasteiger partial charge >= 0.3 is 5.97 Å². The van der Waals surface area contributed by atoms with E-state index in [-0.39, 0.29) is 45.7 Å². The van der Waals surface area contributed by atoms with Crippen LogP contribution < -0.4 is 0 Å². The molecule has 0 amide bonds. The second-order valence-electron chi connectivity index (χ2n) is 11.7. The van der Waals surface area contributed by atoms with Crippen LogP contribution in [0.25, 0.3) is 0 Å². The van der Waals surface area contributed by atoms with Gasteiger partial charge in [0.25, 0.3) is 0 Å². The SMILES string of the molecule is CC(C)(F)CC(=O)OC#CCSC(=O)C1CCC2C3CCC4=CC(=O)C=CC4(C)C3C(O)CC12C. The number of alkyl halides is 1. The number of carbonyl (C=O) groups excluding carboxylic acids is 3. The van der Waals surface area contributed by atoms with Gasteiger partial charge in [0.2, 0.25) is 0 Å². The molecule has 190 valence electrons. The van der Waals surface area contributed by atoms with Crippen LogP contribution in [0, 0.1) is 46.5 Å². The Morgan fingerprint density at radius 2 is 2.03 bits per heavy atom. The van der Waals surface area contributed by atoms with Crippen molar-refractivity contribution in [3.8, 4) is 12.0 Å². The summed E-state index contributed by atoms with van der Waals surface area (Å²) in [6.07, 6.45) is 10.9. The van der Waals surface area contributed by atoms with Gasteiger partial charge in [0.05, 0.1) is 18.3 Å². The molecule has 0 spiro atoms. The molecular formula is C28H35FO5S. The number of ether oxygens (including phenoxy) is 1. The fourth-order valence-electron chi connectivity index (χ4n) is 7.42. The Bertz CT molecular complexity index is 1030. The molecule has 7 heteroatoms. The largest absolute Gasteiger partial charge is 0.393 e. The van der Waals surface area contributed by atoms with Crippen molar-refractivity contribution in [2.45, 2.75) is 78.0 Å². The number of hydrogen-bond donors (Lipinski definition) is 1. The molecule has 0 radical (unpaired) electrons. The summed E-state index contributed by atoms with van der Waals surface area (Å²) in [5.74, 6) is 2.73. The Morgan fingerprint density at radius 1 is 1.29 bits per heavy atom. The minimum Gasteiger partial charge on any atom is -0.393 e. The van der Waals surface area contributed by atoms with Crippen LogP contribution >= 0.6 is 11.8 Å². The lowest BCUT2D eigenvalue weighted by molar-refractivity contribution is -0.139. The molecule has 0 saturated heterocycles. The maximum absolute atomic E-state index is 13.5. The molecule has 0 aliphatic heterocycles. The standard InChI is InChI=1S/C28H35FO5S/c1-26(2,29)16-23(32)34-12-5-13-35-25(33)21-9-8-20-19-7-6-17-14-18(30)10-11-27(17,3)24(19)22(31)15-28(20,21)4/h10-11,14,19-22,24,31H,6-9,13,15-16H2,1-4H3. The molecule has 4 aliphatic rings. The van der Waals surface area contributed by atoms with Crippen LogP contribution in [-0.4, -0.2) is 39.5 Å². The summed E-state index contributed by atoms with van der Waals surface area (Å²) in [5, 5.41) is 11.5. The molecule has 0 bridgehead atoms. The summed E-state index contributed by atoms with van der Waals surface area (Å²) in [7, 11) is 0. The molecule has 4 rings (SSSR count). The van der Waals surface area contributed by atoms with Crippen molar-refractivity contribution in [1.82, 2.24) is 0 Å². The average Bonchev–Trinajstić information content (AvgIpc) is 3.09. The predicted molar refractivity (Wildman–Crippen MR) is 133 cm³/mol. The van der Waals surface area contributed by atoms with E-state index < -0.39 is 17.7 Å². The van der Waals surface area contributed by atoms with Gasteiger partial charge in [-0.05, 0) is 81.3 Å². The third-order valence-electron chi connectivity index (χ3n) is 8.87. The predicted octanol–water partition coefficient (Wildman–Crippen LogP) is 4.78. The number of hydrogen-bond acceptors (Lipinski definition) is 6. The second-order valence-corrected chi connectivity index (χ2v) is 12.7. The Morgan fingerprint density at radius 3 is 2.74 bits per heavy atom. The number of rotatable bonds is 4. The number of esters is 1. The van der Waals surface area contributed by atoms with E-state index in [0.717, 1.165) is 43.0 Å². The lowest BCUT2D eigenvalue weighted by Gasteiger charge is -2.58. The Balaban J connectivity index is 1.40. The molecule has 3 saturated carbocycles. The first-order chi connectivity index (χ1) is 16.3. The smallest absolute Gasteiger partial charge is 0.322 e. The molecule has 0 aromatic heterocycles. The molecule has 0 heterocycles. The quantitative estimate of drug-likeness (QED) is 0.440. The van der Waals surface area contributed by atoms with Crippen molar-refractivity contribution >= 4 is 28.6 Å². The van der Waals surface area contributed by atoms with Gasteiger partial charge in [-0.25, -0.2) is 4.39 Å². The summed E-state index contributed by atoms with van der Waals surface area (Å²) < 4.78 is 18.2. The Hall–Kier alpha value is -1.91. The van der Waals surface area contributed by atoms with Gasteiger partial charge in [-0.3, -0.25) is 14.4 Å². The van der Waals surface area contributed by atoms with E-state index >= 15 is 0 Å². The molecule has 3 fully saturated rings. The van der Waals surface area contributed by atoms with Crippen LogP contribution in [0.4, 0.5) is 4.39 Å². The minimum absolute atomic E-state index is 0.0266. The zero-order valence-electron chi connectivity index (χ0n) is 20.9. The highest BCUT2D eigenvalue weighted by Gasteiger charge is 2.62. The zero-order valence-corrected chi connectivity index (χ0v) is 21.8. The van der Waals surface area contributed by atoms with Gasteiger partial charge in [-0.15, -0.1) is 0 Å². The van der Waals surface area contributed by atoms with E-state index in [9.17, 15) is 23.9 Å². The van der Waals surface area contributed by atoms with Gasteiger partial charge in [0.1, 0.15) is 11.8 Å². The highest BCUT2D eigenvalue weighted by Crippen LogP contribution is 2.66. The van der Waals surface area contributed by atoms with Gasteiger partial charge < -0.3 is 9.84 Å². The van der Waals surface area contributed by atoms with Crippen molar-refractivity contribution in [3.05, 3.63) is 23.8 Å². The first-order valence-corrected chi connectivity index (χ1v) is 13.5. The maximum Gasteiger partial charge on any atom is 0.322 e. The van der Waals surface area contributed by atoms with E-state index in [2.05, 4.69) is 25.9 Å². The fourth-order valence-corrected chi connectivity index (χ4v) is 8.28. The van der Waals surface area contributed by atoms with Crippen molar-refractivity contribution in [2.75, 3.05) is 5.75 Å². The summed E-state index contributed by atoms with van der Waals surface area (Å²) in [4.78, 5) is 36.7. The number of carbonyl (C=O) groups is 3. The lowest BCUT2D eigenvalue weighted by atomic mass is 9.47. The second kappa shape index (κ2) is 9.52. The summed E-state index contributed by atoms with van der Waals surface area (Å²) >= 11 is 1.12. The monoisotopic (exact) mass is 502 g/mol. The van der Waals surface area contributed by atoms with E-state index in [1.54, 1.807) is 12.2 Å². The van der Waals surface area contributed by atoms with E-state index in [0.29, 0.717) is 18.3 Å². The normalized spacial score (nSPS) is 37.8. The molecule has 35 heavy (non-hydrogen) atoms.